The van der Waals surface area contributed by atoms with E-state index in [9.17, 15) is 14.7 Å². The number of fused-ring (bicyclic) bond motifs is 2. The van der Waals surface area contributed by atoms with Crippen LogP contribution in [0.15, 0.2) is 30.5 Å². The molecule has 0 aliphatic carbocycles. The molecule has 1 aromatic carbocycles. The maximum atomic E-state index is 12.2. The monoisotopic (exact) mass is 570 g/mol. The number of hydrogen-bond donors (Lipinski definition) is 3. The maximum absolute atomic E-state index is 12.2. The predicted molar refractivity (Wildman–Crippen MR) is 151 cm³/mol. The van der Waals surface area contributed by atoms with Gasteiger partial charge in [0.2, 0.25) is 11.8 Å². The fourth-order valence-electron chi connectivity index (χ4n) is 5.91. The lowest BCUT2D eigenvalue weighted by Gasteiger charge is -2.38. The second-order valence-corrected chi connectivity index (χ2v) is 12.1. The SMILES string of the molecule is C[C@@]1(CO)C[C@@H](N2CCCc3cc(Cl)cc(-c4ccnc5cc(CN6C(=O)CCC6=O)sc45)c32)CN1.O=CO. The first-order chi connectivity index (χ1) is 18.8. The van der Waals surface area contributed by atoms with Gasteiger partial charge in [-0.2, -0.15) is 0 Å². The van der Waals surface area contributed by atoms with Gasteiger partial charge in [0.1, 0.15) is 0 Å². The van der Waals surface area contributed by atoms with Crippen LogP contribution in [-0.2, 0) is 27.3 Å². The lowest BCUT2D eigenvalue weighted by atomic mass is 9.91. The zero-order valence-electron chi connectivity index (χ0n) is 21.7. The number of aliphatic hydroxyl groups is 1. The van der Waals surface area contributed by atoms with Crippen LogP contribution in [0.4, 0.5) is 5.69 Å². The number of imide groups is 1. The van der Waals surface area contributed by atoms with Gasteiger partial charge in [-0.25, -0.2) is 0 Å². The van der Waals surface area contributed by atoms with Gasteiger partial charge >= 0.3 is 0 Å². The van der Waals surface area contributed by atoms with Crippen molar-refractivity contribution in [3.8, 4) is 11.1 Å². The highest BCUT2D eigenvalue weighted by molar-refractivity contribution is 7.19. The molecule has 3 aliphatic heterocycles. The van der Waals surface area contributed by atoms with Crippen LogP contribution >= 0.6 is 22.9 Å². The summed E-state index contributed by atoms with van der Waals surface area (Å²) in [6.45, 7) is 4.02. The highest BCUT2D eigenvalue weighted by atomic mass is 35.5. The molecule has 2 fully saturated rings. The fraction of sp³-hybridized carbons (Fsp3) is 0.429. The second-order valence-electron chi connectivity index (χ2n) is 10.5. The molecule has 206 valence electrons. The van der Waals surface area contributed by atoms with Gasteiger partial charge < -0.3 is 20.4 Å². The summed E-state index contributed by atoms with van der Waals surface area (Å²) in [5.41, 5.74) is 5.20. The quantitative estimate of drug-likeness (QED) is 0.312. The molecule has 0 bridgehead atoms. The first kappa shape index (κ1) is 27.5. The van der Waals surface area contributed by atoms with Gasteiger partial charge in [-0.1, -0.05) is 11.6 Å². The predicted octanol–water partition coefficient (Wildman–Crippen LogP) is 3.83. The van der Waals surface area contributed by atoms with Crippen LogP contribution < -0.4 is 10.2 Å². The van der Waals surface area contributed by atoms with Crippen LogP contribution in [0.3, 0.4) is 0 Å². The van der Waals surface area contributed by atoms with Crippen molar-refractivity contribution in [1.29, 1.82) is 0 Å². The number of amides is 2. The van der Waals surface area contributed by atoms with Gasteiger partial charge in [0.05, 0.1) is 23.4 Å². The number of carbonyl (C=O) groups is 3. The third kappa shape index (κ3) is 5.38. The number of rotatable bonds is 5. The smallest absolute Gasteiger partial charge is 0.290 e. The Labute approximate surface area is 235 Å². The number of hydrogen-bond acceptors (Lipinski definition) is 8. The van der Waals surface area contributed by atoms with E-state index in [0.29, 0.717) is 24.4 Å². The average molecular weight is 571 g/mol. The summed E-state index contributed by atoms with van der Waals surface area (Å²) in [4.78, 5) is 42.1. The number of anilines is 1. The van der Waals surface area contributed by atoms with E-state index in [2.05, 4.69) is 28.2 Å². The number of likely N-dealkylation sites (tertiary alicyclic amines) is 1. The summed E-state index contributed by atoms with van der Waals surface area (Å²) in [5.74, 6) is -0.213. The molecule has 9 nitrogen and oxygen atoms in total. The number of carboxylic acid groups (broad SMARTS) is 1. The number of aliphatic hydroxyl groups excluding tert-OH is 1. The topological polar surface area (TPSA) is 123 Å². The minimum atomic E-state index is -0.272. The largest absolute Gasteiger partial charge is 0.483 e. The Balaban J connectivity index is 0.000000983. The Morgan fingerprint density at radius 3 is 2.64 bits per heavy atom. The lowest BCUT2D eigenvalue weighted by molar-refractivity contribution is -0.139. The van der Waals surface area contributed by atoms with Crippen molar-refractivity contribution in [2.75, 3.05) is 24.6 Å². The first-order valence-electron chi connectivity index (χ1n) is 13.0. The molecular weight excluding hydrogens is 540 g/mol. The van der Waals surface area contributed by atoms with Gasteiger partial charge in [0.25, 0.3) is 6.47 Å². The van der Waals surface area contributed by atoms with Crippen molar-refractivity contribution >= 4 is 57.1 Å². The van der Waals surface area contributed by atoms with Crippen LogP contribution in [0.25, 0.3) is 21.3 Å². The van der Waals surface area contributed by atoms with E-state index in [1.807, 2.05) is 24.4 Å². The highest BCUT2D eigenvalue weighted by Gasteiger charge is 2.39. The molecule has 2 saturated heterocycles. The Hall–Kier alpha value is -3.05. The van der Waals surface area contributed by atoms with Crippen molar-refractivity contribution in [3.05, 3.63) is 45.9 Å². The molecule has 3 aliphatic rings. The standard InChI is InChI=1S/C27H29ClN4O3S.CH2O2/c1-27(15-33)12-18(13-30-27)31-8-2-3-16-9-17(28)10-21(25(16)31)20-6-7-29-22-11-19(36-26(20)22)14-32-23(34)4-5-24(32)35;2-1-3/h6-7,9-11,18,30,33H,2-5,8,12-15H2,1H3;1H,(H,2,3)/t18-,27+;/m1./s1. The average Bonchev–Trinajstić information content (AvgIpc) is 3.61. The summed E-state index contributed by atoms with van der Waals surface area (Å²) in [6.07, 6.45) is 5.32. The lowest BCUT2D eigenvalue weighted by Crippen LogP contribution is -2.41. The maximum Gasteiger partial charge on any atom is 0.290 e. The van der Waals surface area contributed by atoms with E-state index in [1.165, 1.54) is 16.2 Å². The molecule has 2 amide bonds. The first-order valence-corrected chi connectivity index (χ1v) is 14.2. The number of aryl methyl sites for hydroxylation is 1. The van der Waals surface area contributed by atoms with E-state index in [-0.39, 0.29) is 36.5 Å². The van der Waals surface area contributed by atoms with Gasteiger partial charge in [-0.3, -0.25) is 24.3 Å². The number of pyridine rings is 1. The number of nitrogens with one attached hydrogen (secondary N) is 1. The molecule has 11 heteroatoms. The van der Waals surface area contributed by atoms with Crippen LogP contribution in [0, 0.1) is 0 Å². The third-order valence-corrected chi connectivity index (χ3v) is 9.11. The fourth-order valence-corrected chi connectivity index (χ4v) is 7.28. The van der Waals surface area contributed by atoms with Crippen molar-refractivity contribution < 1.29 is 24.6 Å². The number of aromatic nitrogens is 1. The Bertz CT molecular complexity index is 1410. The van der Waals surface area contributed by atoms with Crippen LogP contribution in [0.1, 0.15) is 43.0 Å². The molecule has 0 saturated carbocycles. The number of halogens is 1. The van der Waals surface area contributed by atoms with Crippen molar-refractivity contribution in [1.82, 2.24) is 15.2 Å². The molecule has 5 heterocycles. The third-order valence-electron chi connectivity index (χ3n) is 7.75. The van der Waals surface area contributed by atoms with E-state index in [0.717, 1.165) is 58.6 Å². The van der Waals surface area contributed by atoms with Crippen LogP contribution in [0.2, 0.25) is 5.02 Å². The summed E-state index contributed by atoms with van der Waals surface area (Å²) in [5, 5.41) is 21.0. The van der Waals surface area contributed by atoms with Gasteiger partial charge in [-0.15, -0.1) is 11.3 Å². The molecule has 3 N–H and O–H groups in total. The summed E-state index contributed by atoms with van der Waals surface area (Å²) < 4.78 is 1.03. The molecule has 3 aromatic rings. The van der Waals surface area contributed by atoms with E-state index in [4.69, 9.17) is 21.5 Å². The summed E-state index contributed by atoms with van der Waals surface area (Å²) in [6, 6.07) is 8.45. The Kier molecular flexibility index (Phi) is 7.91. The number of benzene rings is 1. The number of carbonyl (C=O) groups excluding carboxylic acids is 2. The number of thiophene rings is 1. The summed E-state index contributed by atoms with van der Waals surface area (Å²) >= 11 is 8.24. The summed E-state index contributed by atoms with van der Waals surface area (Å²) in [7, 11) is 0. The zero-order chi connectivity index (χ0) is 27.7. The molecule has 2 atom stereocenters. The van der Waals surface area contributed by atoms with Crippen LogP contribution in [-0.4, -0.2) is 69.7 Å². The van der Waals surface area contributed by atoms with Gasteiger partial charge in [0, 0.05) is 70.4 Å². The van der Waals surface area contributed by atoms with Crippen molar-refractivity contribution in [2.24, 2.45) is 0 Å². The zero-order valence-corrected chi connectivity index (χ0v) is 23.2. The van der Waals surface area contributed by atoms with Gasteiger partial charge in [0.15, 0.2) is 0 Å². The van der Waals surface area contributed by atoms with Crippen molar-refractivity contribution in [2.45, 2.75) is 57.2 Å². The Morgan fingerprint density at radius 2 is 1.95 bits per heavy atom. The van der Waals surface area contributed by atoms with Crippen LogP contribution in [0.5, 0.6) is 0 Å². The van der Waals surface area contributed by atoms with Crippen molar-refractivity contribution in [3.63, 3.8) is 0 Å². The number of nitrogens with zero attached hydrogens (tertiary/aromatic N) is 3. The molecule has 0 spiro atoms. The molecule has 6 rings (SSSR count). The minimum absolute atomic E-state index is 0.106. The molecule has 2 aromatic heterocycles. The van der Waals surface area contributed by atoms with E-state index >= 15 is 0 Å². The van der Waals surface area contributed by atoms with Gasteiger partial charge in [-0.05, 0) is 56.0 Å². The van der Waals surface area contributed by atoms with E-state index < -0.39 is 0 Å². The second kappa shape index (κ2) is 11.2. The highest BCUT2D eigenvalue weighted by Crippen LogP contribution is 2.45. The normalized spacial score (nSPS) is 22.7. The molecule has 39 heavy (non-hydrogen) atoms. The molecule has 0 radical (unpaired) electrons. The molecule has 0 unspecified atom stereocenters. The molecular formula is C28H31ClN4O5S. The Morgan fingerprint density at radius 1 is 1.21 bits per heavy atom. The minimum Gasteiger partial charge on any atom is -0.483 e. The van der Waals surface area contributed by atoms with E-state index in [1.54, 1.807) is 11.3 Å².